The molecule has 4 rings (SSSR count). The van der Waals surface area contributed by atoms with Crippen molar-refractivity contribution in [3.05, 3.63) is 90.1 Å². The molecule has 0 atom stereocenters. The van der Waals surface area contributed by atoms with Gasteiger partial charge in [0.05, 0.1) is 22.9 Å². The van der Waals surface area contributed by atoms with Crippen LogP contribution in [0.1, 0.15) is 11.3 Å². The van der Waals surface area contributed by atoms with Gasteiger partial charge in [-0.25, -0.2) is 13.1 Å². The lowest BCUT2D eigenvalue weighted by molar-refractivity contribution is -0.141. The smallest absolute Gasteiger partial charge is 0.435 e. The molecule has 34 heavy (non-hydrogen) atoms. The molecule has 0 spiro atoms. The Hall–Kier alpha value is -3.63. The second kappa shape index (κ2) is 8.96. The summed E-state index contributed by atoms with van der Waals surface area (Å²) in [4.78, 5) is -0.106. The summed E-state index contributed by atoms with van der Waals surface area (Å²) >= 11 is 0. The lowest BCUT2D eigenvalue weighted by Gasteiger charge is -2.12. The normalized spacial score (nSPS) is 12.0. The highest BCUT2D eigenvalue weighted by Gasteiger charge is 2.35. The molecule has 0 aliphatic carbocycles. The van der Waals surface area contributed by atoms with Crippen LogP contribution in [0.4, 0.5) is 13.2 Å². The average Bonchev–Trinajstić information content (AvgIpc) is 3.25. The van der Waals surface area contributed by atoms with Crippen molar-refractivity contribution < 1.29 is 31.4 Å². The molecule has 1 heterocycles. The summed E-state index contributed by atoms with van der Waals surface area (Å²) in [6, 6.07) is 20.3. The quantitative estimate of drug-likeness (QED) is 0.401. The summed E-state index contributed by atoms with van der Waals surface area (Å²) in [5.74, 6) is 1.11. The summed E-state index contributed by atoms with van der Waals surface area (Å²) < 4.78 is 71.1. The fourth-order valence-corrected chi connectivity index (χ4v) is 4.34. The number of sulfone groups is 1. The van der Waals surface area contributed by atoms with Gasteiger partial charge in [0.2, 0.25) is 0 Å². The third kappa shape index (κ3) is 4.97. The van der Waals surface area contributed by atoms with Gasteiger partial charge < -0.3 is 9.84 Å². The highest BCUT2D eigenvalue weighted by molar-refractivity contribution is 7.90. The first-order valence-corrected chi connectivity index (χ1v) is 11.9. The van der Waals surface area contributed by atoms with Gasteiger partial charge >= 0.3 is 6.18 Å². The van der Waals surface area contributed by atoms with Crippen molar-refractivity contribution in [1.29, 1.82) is 0 Å². The zero-order chi connectivity index (χ0) is 24.5. The molecule has 0 bridgehead atoms. The fourth-order valence-electron chi connectivity index (χ4n) is 3.42. The van der Waals surface area contributed by atoms with Crippen LogP contribution in [0, 0.1) is 0 Å². The zero-order valence-corrected chi connectivity index (χ0v) is 18.6. The van der Waals surface area contributed by atoms with Crippen LogP contribution in [0.25, 0.3) is 16.9 Å². The van der Waals surface area contributed by atoms with Gasteiger partial charge in [0.1, 0.15) is 11.5 Å². The van der Waals surface area contributed by atoms with Gasteiger partial charge in [0.25, 0.3) is 0 Å². The molecule has 0 amide bonds. The molecule has 0 saturated heterocycles. The molecule has 6 nitrogen and oxygen atoms in total. The topological polar surface area (TPSA) is 81.4 Å². The van der Waals surface area contributed by atoms with Crippen LogP contribution in [-0.4, -0.2) is 29.6 Å². The van der Waals surface area contributed by atoms with Gasteiger partial charge in [0.15, 0.2) is 15.5 Å². The first-order valence-electron chi connectivity index (χ1n) is 10.0. The minimum absolute atomic E-state index is 0.0571. The minimum Gasteiger partial charge on any atom is -0.457 e. The second-order valence-electron chi connectivity index (χ2n) is 7.49. The molecule has 0 aliphatic heterocycles. The number of hydrogen-bond donors (Lipinski definition) is 1. The van der Waals surface area contributed by atoms with Crippen molar-refractivity contribution in [2.45, 2.75) is 17.7 Å². The van der Waals surface area contributed by atoms with Gasteiger partial charge in [-0.3, -0.25) is 0 Å². The highest BCUT2D eigenvalue weighted by Crippen LogP contribution is 2.34. The van der Waals surface area contributed by atoms with E-state index in [1.165, 1.54) is 18.2 Å². The Balaban J connectivity index is 1.78. The Morgan fingerprint density at radius 3 is 2.18 bits per heavy atom. The van der Waals surface area contributed by atoms with Crippen LogP contribution >= 0.6 is 0 Å². The van der Waals surface area contributed by atoms with Crippen molar-refractivity contribution in [1.82, 2.24) is 9.78 Å². The largest absolute Gasteiger partial charge is 0.457 e. The molecule has 10 heteroatoms. The maximum Gasteiger partial charge on any atom is 0.435 e. The minimum atomic E-state index is -4.69. The molecular weight excluding hydrogens is 469 g/mol. The van der Waals surface area contributed by atoms with Gasteiger partial charge in [-0.1, -0.05) is 18.2 Å². The molecule has 0 radical (unpaired) electrons. The molecule has 176 valence electrons. The van der Waals surface area contributed by atoms with Crippen LogP contribution < -0.4 is 4.74 Å². The van der Waals surface area contributed by atoms with Gasteiger partial charge in [-0.05, 0) is 66.2 Å². The van der Waals surface area contributed by atoms with Crippen LogP contribution in [0.15, 0.2) is 83.8 Å². The summed E-state index contributed by atoms with van der Waals surface area (Å²) in [6.07, 6.45) is -3.70. The summed E-state index contributed by atoms with van der Waals surface area (Å²) in [5, 5.41) is 13.4. The number of hydrogen-bond acceptors (Lipinski definition) is 5. The van der Waals surface area contributed by atoms with E-state index >= 15 is 0 Å². The highest BCUT2D eigenvalue weighted by atomic mass is 32.2. The van der Waals surface area contributed by atoms with Crippen LogP contribution in [-0.2, 0) is 22.6 Å². The Labute approximate surface area is 193 Å². The van der Waals surface area contributed by atoms with Crippen molar-refractivity contribution in [2.75, 3.05) is 6.26 Å². The van der Waals surface area contributed by atoms with Crippen molar-refractivity contribution in [3.63, 3.8) is 0 Å². The van der Waals surface area contributed by atoms with E-state index < -0.39 is 28.3 Å². The second-order valence-corrected chi connectivity index (χ2v) is 9.47. The SMILES string of the molecule is CS(=O)(=O)c1ccc(-n2nc(C(F)(F)F)cc2-c2ccc(Oc3ccccc3)cc2)cc1CO. The molecule has 1 N–H and O–H groups in total. The van der Waals surface area contributed by atoms with Gasteiger partial charge in [0, 0.05) is 11.8 Å². The first-order chi connectivity index (χ1) is 16.1. The first kappa shape index (κ1) is 23.5. The maximum absolute atomic E-state index is 13.5. The third-order valence-corrected chi connectivity index (χ3v) is 6.18. The molecule has 0 saturated carbocycles. The van der Waals surface area contributed by atoms with E-state index in [0.29, 0.717) is 17.1 Å². The number of aliphatic hydroxyl groups is 1. The Morgan fingerprint density at radius 1 is 0.941 bits per heavy atom. The van der Waals surface area contributed by atoms with E-state index in [-0.39, 0.29) is 21.8 Å². The molecule has 0 unspecified atom stereocenters. The fraction of sp³-hybridized carbons (Fsp3) is 0.125. The maximum atomic E-state index is 13.5. The number of rotatable bonds is 6. The van der Waals surface area contributed by atoms with Crippen LogP contribution in [0.5, 0.6) is 11.5 Å². The lowest BCUT2D eigenvalue weighted by Crippen LogP contribution is -2.08. The van der Waals surface area contributed by atoms with Gasteiger partial charge in [-0.15, -0.1) is 0 Å². The summed E-state index contributed by atoms with van der Waals surface area (Å²) in [5.41, 5.74) is -0.311. The number of alkyl halides is 3. The number of nitrogens with zero attached hydrogens (tertiary/aromatic N) is 2. The van der Waals surface area contributed by atoms with E-state index in [2.05, 4.69) is 5.10 Å². The molecule has 0 aliphatic rings. The molecule has 1 aromatic heterocycles. The van der Waals surface area contributed by atoms with Crippen molar-refractivity contribution in [2.24, 2.45) is 0 Å². The number of ether oxygens (including phenoxy) is 1. The van der Waals surface area contributed by atoms with Crippen LogP contribution in [0.3, 0.4) is 0 Å². The predicted molar refractivity (Wildman–Crippen MR) is 120 cm³/mol. The number of para-hydroxylation sites is 1. The Kier molecular flexibility index (Phi) is 6.20. The van der Waals surface area contributed by atoms with E-state index in [9.17, 15) is 26.7 Å². The van der Waals surface area contributed by atoms with Crippen molar-refractivity contribution >= 4 is 9.84 Å². The number of aromatic nitrogens is 2. The number of halogens is 3. The van der Waals surface area contributed by atoms with E-state index in [1.54, 1.807) is 36.4 Å². The summed E-state index contributed by atoms with van der Waals surface area (Å²) in [7, 11) is -3.64. The molecular formula is C24H19F3N2O4S. The average molecular weight is 488 g/mol. The zero-order valence-electron chi connectivity index (χ0n) is 17.8. The molecule has 0 fully saturated rings. The van der Waals surface area contributed by atoms with Crippen molar-refractivity contribution in [3.8, 4) is 28.4 Å². The van der Waals surface area contributed by atoms with E-state index in [0.717, 1.165) is 17.0 Å². The number of benzene rings is 3. The van der Waals surface area contributed by atoms with Gasteiger partial charge in [-0.2, -0.15) is 18.3 Å². The number of aliphatic hydroxyl groups excluding tert-OH is 1. The molecule has 4 aromatic rings. The van der Waals surface area contributed by atoms with E-state index in [4.69, 9.17) is 4.74 Å². The Morgan fingerprint density at radius 2 is 1.59 bits per heavy atom. The molecule has 3 aromatic carbocycles. The summed E-state index contributed by atoms with van der Waals surface area (Å²) in [6.45, 7) is -0.607. The third-order valence-electron chi connectivity index (χ3n) is 4.99. The lowest BCUT2D eigenvalue weighted by atomic mass is 10.1. The van der Waals surface area contributed by atoms with E-state index in [1.807, 2.05) is 18.2 Å². The van der Waals surface area contributed by atoms with Crippen LogP contribution in [0.2, 0.25) is 0 Å². The Bertz CT molecular complexity index is 1420. The standard InChI is InChI=1S/C24H19F3N2O4S/c1-34(31,32)22-12-9-18(13-17(22)15-30)29-21(14-23(28-29)24(25,26)27)16-7-10-20(11-8-16)33-19-5-3-2-4-6-19/h2-14,30H,15H2,1H3. The monoisotopic (exact) mass is 488 g/mol. The predicted octanol–water partition coefficient (Wildman–Crippen LogP) is 5.25.